The number of ether oxygens (including phenoxy) is 4. The molecule has 1 aliphatic rings. The first kappa shape index (κ1) is 52.3. The SMILES string of the molecule is CC/C=C\C/C=C\C/C=C\C/C=C\C/C=C\CC(=O)OC(COCCCCCCCC/C=C\C/C=C\CCCC)COC1OC(CO)C(O)C(OS(=O)(=O)O)C1O. The van der Waals surface area contributed by atoms with E-state index < -0.39 is 59.8 Å². The van der Waals surface area contributed by atoms with E-state index in [0.29, 0.717) is 13.0 Å². The molecule has 326 valence electrons. The first-order chi connectivity index (χ1) is 27.6. The van der Waals surface area contributed by atoms with Crippen molar-refractivity contribution < 1.29 is 56.2 Å². The van der Waals surface area contributed by atoms with Crippen LogP contribution in [0.2, 0.25) is 0 Å². The molecule has 1 aliphatic heterocycles. The summed E-state index contributed by atoms with van der Waals surface area (Å²) < 4.78 is 58.8. The molecule has 0 radical (unpaired) electrons. The zero-order valence-corrected chi connectivity index (χ0v) is 35.2. The molecule has 12 nitrogen and oxygen atoms in total. The number of hydrogen-bond acceptors (Lipinski definition) is 11. The van der Waals surface area contributed by atoms with E-state index in [-0.39, 0.29) is 19.6 Å². The van der Waals surface area contributed by atoms with Crippen LogP contribution in [-0.4, -0.2) is 97.5 Å². The minimum Gasteiger partial charge on any atom is -0.457 e. The maximum atomic E-state index is 12.7. The number of allylic oxidation sites excluding steroid dienone is 13. The third kappa shape index (κ3) is 29.2. The Morgan fingerprint density at radius 3 is 1.77 bits per heavy atom. The molecule has 6 atom stereocenters. The van der Waals surface area contributed by atoms with Crippen molar-refractivity contribution in [3.63, 3.8) is 0 Å². The number of unbranched alkanes of at least 4 members (excludes halogenated alkanes) is 8. The lowest BCUT2D eigenvalue weighted by Crippen LogP contribution is -2.60. The van der Waals surface area contributed by atoms with Crippen molar-refractivity contribution in [1.29, 1.82) is 0 Å². The minimum atomic E-state index is -5.08. The molecule has 0 aromatic rings. The van der Waals surface area contributed by atoms with Crippen LogP contribution < -0.4 is 0 Å². The predicted molar refractivity (Wildman–Crippen MR) is 225 cm³/mol. The monoisotopic (exact) mass is 824 g/mol. The Hall–Kier alpha value is -2.72. The lowest BCUT2D eigenvalue weighted by atomic mass is 9.99. The Kier molecular flexibility index (Phi) is 32.3. The van der Waals surface area contributed by atoms with Crippen LogP contribution in [0.5, 0.6) is 0 Å². The molecule has 1 rings (SSSR count). The summed E-state index contributed by atoms with van der Waals surface area (Å²) in [5.74, 6) is -0.534. The van der Waals surface area contributed by atoms with Crippen LogP contribution in [0.3, 0.4) is 0 Å². The van der Waals surface area contributed by atoms with E-state index in [2.05, 4.69) is 84.9 Å². The Morgan fingerprint density at radius 1 is 0.684 bits per heavy atom. The molecule has 1 saturated heterocycles. The quantitative estimate of drug-likeness (QED) is 0.0212. The largest absolute Gasteiger partial charge is 0.457 e. The molecule has 6 unspecified atom stereocenters. The summed E-state index contributed by atoms with van der Waals surface area (Å²) in [5, 5.41) is 30.6. The highest BCUT2D eigenvalue weighted by Gasteiger charge is 2.48. The van der Waals surface area contributed by atoms with Gasteiger partial charge in [-0.1, -0.05) is 137 Å². The van der Waals surface area contributed by atoms with Gasteiger partial charge in [-0.2, -0.15) is 8.42 Å². The van der Waals surface area contributed by atoms with E-state index in [1.165, 1.54) is 25.7 Å². The molecule has 0 spiro atoms. The fourth-order valence-corrected chi connectivity index (χ4v) is 6.15. The van der Waals surface area contributed by atoms with Crippen molar-refractivity contribution in [2.45, 2.75) is 160 Å². The molecule has 0 aromatic carbocycles. The second-order valence-corrected chi connectivity index (χ2v) is 14.9. The zero-order chi connectivity index (χ0) is 41.8. The van der Waals surface area contributed by atoms with Crippen molar-refractivity contribution >= 4 is 16.4 Å². The Balaban J connectivity index is 2.56. The lowest BCUT2D eigenvalue weighted by molar-refractivity contribution is -0.301. The average Bonchev–Trinajstić information content (AvgIpc) is 3.18. The second kappa shape index (κ2) is 35.2. The van der Waals surface area contributed by atoms with Crippen molar-refractivity contribution in [2.75, 3.05) is 26.4 Å². The molecule has 1 heterocycles. The van der Waals surface area contributed by atoms with Crippen LogP contribution in [0.15, 0.2) is 85.1 Å². The third-order valence-corrected chi connectivity index (χ3v) is 9.25. The van der Waals surface area contributed by atoms with Gasteiger partial charge in [0.2, 0.25) is 0 Å². The van der Waals surface area contributed by atoms with Crippen LogP contribution in [0.25, 0.3) is 0 Å². The van der Waals surface area contributed by atoms with Gasteiger partial charge in [0.15, 0.2) is 6.29 Å². The van der Waals surface area contributed by atoms with Gasteiger partial charge in [0.05, 0.1) is 26.2 Å². The summed E-state index contributed by atoms with van der Waals surface area (Å²) in [7, 11) is -5.08. The standard InChI is InChI=1S/C44H72O12S/c1-3-5-7-9-11-13-15-17-19-21-23-25-27-29-31-33-40(46)54-38(37-53-44-42(48)43(56-57(49,50)51)41(47)39(35-45)55-44)36-52-34-32-30-28-26-24-22-20-18-16-14-12-10-8-6-4-2/h5,7,10-13,16-19,23,25,29,31,38-39,41-45,47-48H,3-4,6,8-9,14-15,20-22,24,26-28,30,32-37H2,1-2H3,(H,49,50,51)/b7-5-,12-10-,13-11-,18-16-,19-17-,25-23-,31-29-. The van der Waals surface area contributed by atoms with Crippen LogP contribution in [0.1, 0.15) is 123 Å². The van der Waals surface area contributed by atoms with Crippen LogP contribution in [0, 0.1) is 0 Å². The second-order valence-electron chi connectivity index (χ2n) is 13.9. The number of aliphatic hydroxyl groups is 3. The lowest BCUT2D eigenvalue weighted by Gasteiger charge is -2.41. The summed E-state index contributed by atoms with van der Waals surface area (Å²) >= 11 is 0. The summed E-state index contributed by atoms with van der Waals surface area (Å²) in [6, 6.07) is 0. The zero-order valence-electron chi connectivity index (χ0n) is 34.4. The van der Waals surface area contributed by atoms with E-state index >= 15 is 0 Å². The molecule has 0 amide bonds. The topological polar surface area (TPSA) is 178 Å². The number of hydrogen-bond donors (Lipinski definition) is 4. The average molecular weight is 825 g/mol. The van der Waals surface area contributed by atoms with Gasteiger partial charge in [-0.05, 0) is 64.2 Å². The van der Waals surface area contributed by atoms with Crippen LogP contribution in [0.4, 0.5) is 0 Å². The maximum Gasteiger partial charge on any atom is 0.397 e. The first-order valence-corrected chi connectivity index (χ1v) is 22.2. The molecular weight excluding hydrogens is 753 g/mol. The van der Waals surface area contributed by atoms with Crippen molar-refractivity contribution in [2.24, 2.45) is 0 Å². The normalized spacial score (nSPS) is 21.5. The van der Waals surface area contributed by atoms with Crippen molar-refractivity contribution in [3.8, 4) is 0 Å². The number of aliphatic hydroxyl groups excluding tert-OH is 3. The molecule has 4 N–H and O–H groups in total. The molecule has 0 saturated carbocycles. The van der Waals surface area contributed by atoms with Crippen molar-refractivity contribution in [3.05, 3.63) is 85.1 Å². The van der Waals surface area contributed by atoms with E-state index in [1.807, 2.05) is 12.2 Å². The van der Waals surface area contributed by atoms with Gasteiger partial charge >= 0.3 is 16.4 Å². The van der Waals surface area contributed by atoms with Gasteiger partial charge in [0, 0.05) is 6.61 Å². The van der Waals surface area contributed by atoms with E-state index in [9.17, 15) is 28.5 Å². The van der Waals surface area contributed by atoms with Crippen LogP contribution in [-0.2, 0) is 38.3 Å². The Labute approximate surface area is 343 Å². The van der Waals surface area contributed by atoms with Gasteiger partial charge in [0.25, 0.3) is 0 Å². The number of carbonyl (C=O) groups is 1. The van der Waals surface area contributed by atoms with E-state index in [0.717, 1.165) is 70.6 Å². The Morgan fingerprint density at radius 2 is 1.21 bits per heavy atom. The summed E-state index contributed by atoms with van der Waals surface area (Å²) in [6.07, 6.45) is 36.5. The summed E-state index contributed by atoms with van der Waals surface area (Å²) in [5.41, 5.74) is 0. The molecule has 13 heteroatoms. The summed E-state index contributed by atoms with van der Waals surface area (Å²) in [6.45, 7) is 3.65. The minimum absolute atomic E-state index is 0.00150. The Bertz CT molecular complexity index is 1320. The molecular formula is C44H72O12S. The molecule has 0 bridgehead atoms. The predicted octanol–water partition coefficient (Wildman–Crippen LogP) is 8.12. The smallest absolute Gasteiger partial charge is 0.397 e. The van der Waals surface area contributed by atoms with Gasteiger partial charge in [0.1, 0.15) is 30.5 Å². The number of rotatable bonds is 34. The first-order valence-electron chi connectivity index (χ1n) is 20.8. The number of carbonyl (C=O) groups excluding carboxylic acids is 1. The fourth-order valence-electron chi connectivity index (χ4n) is 5.64. The third-order valence-electron chi connectivity index (χ3n) is 8.78. The van der Waals surface area contributed by atoms with Gasteiger partial charge in [-0.3, -0.25) is 9.35 Å². The van der Waals surface area contributed by atoms with Gasteiger partial charge < -0.3 is 34.3 Å². The molecule has 0 aromatic heterocycles. The summed E-state index contributed by atoms with van der Waals surface area (Å²) in [4.78, 5) is 12.7. The van der Waals surface area contributed by atoms with Gasteiger partial charge in [-0.25, -0.2) is 4.18 Å². The van der Waals surface area contributed by atoms with Crippen molar-refractivity contribution in [1.82, 2.24) is 0 Å². The highest BCUT2D eigenvalue weighted by atomic mass is 32.3. The van der Waals surface area contributed by atoms with Crippen LogP contribution >= 0.6 is 0 Å². The maximum absolute atomic E-state index is 12.7. The molecule has 57 heavy (non-hydrogen) atoms. The highest BCUT2D eigenvalue weighted by Crippen LogP contribution is 2.26. The van der Waals surface area contributed by atoms with E-state index in [4.69, 9.17) is 23.5 Å². The van der Waals surface area contributed by atoms with Gasteiger partial charge in [-0.15, -0.1) is 0 Å². The fraction of sp³-hybridized carbons (Fsp3) is 0.659. The number of esters is 1. The molecule has 0 aliphatic carbocycles. The van der Waals surface area contributed by atoms with E-state index in [1.54, 1.807) is 6.08 Å². The molecule has 1 fully saturated rings. The highest BCUT2D eigenvalue weighted by molar-refractivity contribution is 7.80.